The van der Waals surface area contributed by atoms with Gasteiger partial charge in [0.25, 0.3) is 0 Å². The van der Waals surface area contributed by atoms with Crippen molar-refractivity contribution in [3.05, 3.63) is 58.9 Å². The molecule has 8 heteroatoms. The van der Waals surface area contributed by atoms with Crippen LogP contribution in [0.2, 0.25) is 0 Å². The highest BCUT2D eigenvalue weighted by atomic mass is 32.1. The van der Waals surface area contributed by atoms with E-state index in [1.807, 2.05) is 31.3 Å². The third-order valence-corrected chi connectivity index (χ3v) is 3.49. The molecule has 0 bridgehead atoms. The van der Waals surface area contributed by atoms with Crippen molar-refractivity contribution >= 4 is 28.7 Å². The van der Waals surface area contributed by atoms with Crippen LogP contribution in [0.25, 0.3) is 0 Å². The molecule has 2 aromatic carbocycles. The van der Waals surface area contributed by atoms with E-state index in [9.17, 15) is 22.0 Å². The summed E-state index contributed by atoms with van der Waals surface area (Å²) >= 11 is 4.85. The summed E-state index contributed by atoms with van der Waals surface area (Å²) in [6.45, 7) is 4.02. The van der Waals surface area contributed by atoms with Crippen LogP contribution < -0.4 is 10.6 Å². The minimum atomic E-state index is -2.22. The molecule has 0 radical (unpaired) electrons. The van der Waals surface area contributed by atoms with E-state index in [0.717, 1.165) is 5.56 Å². The maximum Gasteiger partial charge on any atom is 0.200 e. The van der Waals surface area contributed by atoms with Gasteiger partial charge < -0.3 is 10.6 Å². The molecule has 0 aliphatic heterocycles. The first-order chi connectivity index (χ1) is 11.2. The van der Waals surface area contributed by atoms with Crippen LogP contribution >= 0.6 is 12.2 Å². The van der Waals surface area contributed by atoms with Gasteiger partial charge in [0.2, 0.25) is 5.82 Å². The summed E-state index contributed by atoms with van der Waals surface area (Å²) in [5.41, 5.74) is 0.364. The number of anilines is 2. The van der Waals surface area contributed by atoms with Gasteiger partial charge in [0.15, 0.2) is 28.4 Å². The average molecular weight is 360 g/mol. The van der Waals surface area contributed by atoms with E-state index >= 15 is 0 Å². The van der Waals surface area contributed by atoms with E-state index < -0.39 is 34.8 Å². The monoisotopic (exact) mass is 360 g/mol. The number of benzene rings is 2. The Labute approximate surface area is 140 Å². The molecule has 2 aromatic rings. The highest BCUT2D eigenvalue weighted by molar-refractivity contribution is 7.80. The Morgan fingerprint density at radius 2 is 1.25 bits per heavy atom. The second-order valence-corrected chi connectivity index (χ2v) is 5.71. The maximum absolute atomic E-state index is 13.6. The van der Waals surface area contributed by atoms with Crippen LogP contribution in [-0.2, 0) is 0 Å². The van der Waals surface area contributed by atoms with Gasteiger partial charge in [-0.05, 0) is 35.8 Å². The molecule has 0 aromatic heterocycles. The molecule has 0 heterocycles. The molecule has 128 valence electrons. The Morgan fingerprint density at radius 1 is 0.792 bits per heavy atom. The smallest absolute Gasteiger partial charge is 0.200 e. The third-order valence-electron chi connectivity index (χ3n) is 3.28. The normalized spacial score (nSPS) is 10.8. The number of hydrogen-bond donors (Lipinski definition) is 2. The lowest BCUT2D eigenvalue weighted by Crippen LogP contribution is -2.22. The van der Waals surface area contributed by atoms with Crippen molar-refractivity contribution in [2.24, 2.45) is 0 Å². The predicted octanol–water partition coefficient (Wildman–Crippen LogP) is 5.31. The summed E-state index contributed by atoms with van der Waals surface area (Å²) in [7, 11) is 0. The molecule has 0 aliphatic carbocycles. The van der Waals surface area contributed by atoms with Crippen LogP contribution in [0, 0.1) is 29.1 Å². The second kappa shape index (κ2) is 7.12. The molecular weight excluding hydrogens is 347 g/mol. The quantitative estimate of drug-likeness (QED) is 0.336. The van der Waals surface area contributed by atoms with Gasteiger partial charge in [-0.15, -0.1) is 0 Å². The number of thiocarbonyl (C=S) groups is 1. The molecule has 24 heavy (non-hydrogen) atoms. The minimum absolute atomic E-state index is 0.310. The van der Waals surface area contributed by atoms with E-state index in [-0.39, 0.29) is 5.11 Å². The van der Waals surface area contributed by atoms with Crippen LogP contribution in [0.4, 0.5) is 33.3 Å². The average Bonchev–Trinajstić information content (AvgIpc) is 2.55. The van der Waals surface area contributed by atoms with Gasteiger partial charge >= 0.3 is 0 Å². The highest BCUT2D eigenvalue weighted by Gasteiger charge is 2.26. The highest BCUT2D eigenvalue weighted by Crippen LogP contribution is 2.27. The summed E-state index contributed by atoms with van der Waals surface area (Å²) in [6.07, 6.45) is 0. The zero-order chi connectivity index (χ0) is 18.0. The Morgan fingerprint density at radius 3 is 1.71 bits per heavy atom. The van der Waals surface area contributed by atoms with Crippen molar-refractivity contribution in [2.45, 2.75) is 19.8 Å². The molecule has 0 spiro atoms. The van der Waals surface area contributed by atoms with Crippen LogP contribution in [0.5, 0.6) is 0 Å². The van der Waals surface area contributed by atoms with Gasteiger partial charge in [0.1, 0.15) is 5.69 Å². The number of rotatable bonds is 3. The fraction of sp³-hybridized carbons (Fsp3) is 0.188. The Bertz CT molecular complexity index is 746. The van der Waals surface area contributed by atoms with Crippen molar-refractivity contribution in [3.63, 3.8) is 0 Å². The standard InChI is InChI=1S/C16H13F5N2S/c1-7(2)8-3-5-9(6-4-8)22-16(24)23-15-13(20)11(18)10(17)12(19)14(15)21/h3-7H,1-2H3,(H2,22,23,24). The lowest BCUT2D eigenvalue weighted by atomic mass is 10.0. The van der Waals surface area contributed by atoms with E-state index in [1.165, 1.54) is 0 Å². The van der Waals surface area contributed by atoms with Crippen molar-refractivity contribution < 1.29 is 22.0 Å². The first-order valence-corrected chi connectivity index (χ1v) is 7.32. The molecular formula is C16H13F5N2S. The van der Waals surface area contributed by atoms with Crippen LogP contribution in [0.15, 0.2) is 24.3 Å². The molecule has 2 rings (SSSR count). The van der Waals surface area contributed by atoms with Crippen molar-refractivity contribution in [1.82, 2.24) is 0 Å². The molecule has 0 fully saturated rings. The van der Waals surface area contributed by atoms with Gasteiger partial charge in [0, 0.05) is 5.69 Å². The lowest BCUT2D eigenvalue weighted by molar-refractivity contribution is 0.382. The van der Waals surface area contributed by atoms with Crippen LogP contribution in [-0.4, -0.2) is 5.11 Å². The molecule has 0 saturated carbocycles. The van der Waals surface area contributed by atoms with Crippen LogP contribution in [0.1, 0.15) is 25.3 Å². The molecule has 2 nitrogen and oxygen atoms in total. The lowest BCUT2D eigenvalue weighted by Gasteiger charge is -2.14. The van der Waals surface area contributed by atoms with Crippen LogP contribution in [0.3, 0.4) is 0 Å². The minimum Gasteiger partial charge on any atom is -0.332 e. The predicted molar refractivity (Wildman–Crippen MR) is 86.6 cm³/mol. The van der Waals surface area contributed by atoms with E-state index in [1.54, 1.807) is 12.1 Å². The van der Waals surface area contributed by atoms with Gasteiger partial charge in [-0.3, -0.25) is 0 Å². The van der Waals surface area contributed by atoms with Crippen molar-refractivity contribution in [2.75, 3.05) is 10.6 Å². The molecule has 0 atom stereocenters. The Kier molecular flexibility index (Phi) is 5.38. The summed E-state index contributed by atoms with van der Waals surface area (Å²) in [4.78, 5) is 0. The summed E-state index contributed by atoms with van der Waals surface area (Å²) in [6, 6.07) is 7.02. The largest absolute Gasteiger partial charge is 0.332 e. The first kappa shape index (κ1) is 18.1. The summed E-state index contributed by atoms with van der Waals surface area (Å²) < 4.78 is 66.4. The molecule has 0 aliphatic rings. The van der Waals surface area contributed by atoms with E-state index in [4.69, 9.17) is 12.2 Å². The van der Waals surface area contributed by atoms with E-state index in [2.05, 4.69) is 5.32 Å². The number of hydrogen-bond acceptors (Lipinski definition) is 1. The zero-order valence-corrected chi connectivity index (χ0v) is 13.5. The molecule has 0 amide bonds. The molecule has 0 saturated heterocycles. The summed E-state index contributed by atoms with van der Waals surface area (Å²) in [5, 5.41) is 4.30. The topological polar surface area (TPSA) is 24.1 Å². The SMILES string of the molecule is CC(C)c1ccc(NC(=S)Nc2c(F)c(F)c(F)c(F)c2F)cc1. The molecule has 2 N–H and O–H groups in total. The fourth-order valence-electron chi connectivity index (χ4n) is 1.94. The Hall–Kier alpha value is -2.22. The Balaban J connectivity index is 2.19. The van der Waals surface area contributed by atoms with Crippen molar-refractivity contribution in [3.8, 4) is 0 Å². The zero-order valence-electron chi connectivity index (χ0n) is 12.7. The van der Waals surface area contributed by atoms with Gasteiger partial charge in [-0.2, -0.15) is 0 Å². The first-order valence-electron chi connectivity index (χ1n) is 6.91. The van der Waals surface area contributed by atoms with E-state index in [0.29, 0.717) is 11.6 Å². The second-order valence-electron chi connectivity index (χ2n) is 5.30. The number of nitrogens with one attached hydrogen (secondary N) is 2. The number of halogens is 5. The third kappa shape index (κ3) is 3.64. The van der Waals surface area contributed by atoms with Gasteiger partial charge in [-0.1, -0.05) is 26.0 Å². The molecule has 0 unspecified atom stereocenters. The van der Waals surface area contributed by atoms with Gasteiger partial charge in [-0.25, -0.2) is 22.0 Å². The summed E-state index contributed by atoms with van der Waals surface area (Å²) in [5.74, 6) is -9.95. The van der Waals surface area contributed by atoms with Crippen molar-refractivity contribution in [1.29, 1.82) is 0 Å². The maximum atomic E-state index is 13.6. The fourth-order valence-corrected chi connectivity index (χ4v) is 2.16. The van der Waals surface area contributed by atoms with Gasteiger partial charge in [0.05, 0.1) is 0 Å².